The van der Waals surface area contributed by atoms with Gasteiger partial charge in [0.1, 0.15) is 0 Å². The van der Waals surface area contributed by atoms with Gasteiger partial charge in [-0.15, -0.1) is 0 Å². The van der Waals surface area contributed by atoms with E-state index in [2.05, 4.69) is 15.2 Å². The second-order valence-corrected chi connectivity index (χ2v) is 3.82. The molecule has 2 rings (SSSR count). The number of rotatable bonds is 3. The van der Waals surface area contributed by atoms with Crippen molar-refractivity contribution in [3.63, 3.8) is 0 Å². The Morgan fingerprint density at radius 2 is 2.28 bits per heavy atom. The molecule has 1 heterocycles. The van der Waals surface area contributed by atoms with E-state index in [1.54, 1.807) is 13.0 Å². The highest BCUT2D eigenvalue weighted by Gasteiger charge is 2.15. The predicted octanol–water partition coefficient (Wildman–Crippen LogP) is 1.54. The molecule has 0 saturated carbocycles. The zero-order valence-corrected chi connectivity index (χ0v) is 10.2. The Bertz CT molecular complexity index is 577. The number of aryl methyl sites for hydroxylation is 1. The van der Waals surface area contributed by atoms with E-state index >= 15 is 0 Å². The zero-order valence-electron chi connectivity index (χ0n) is 10.2. The van der Waals surface area contributed by atoms with Crippen molar-refractivity contribution in [2.75, 3.05) is 12.3 Å². The van der Waals surface area contributed by atoms with Crippen LogP contribution in [0.2, 0.25) is 0 Å². The summed E-state index contributed by atoms with van der Waals surface area (Å²) < 4.78 is 4.83. The van der Waals surface area contributed by atoms with Crippen LogP contribution in [0.4, 0.5) is 5.69 Å². The number of hydrogen-bond donors (Lipinski definition) is 2. The summed E-state index contributed by atoms with van der Waals surface area (Å²) >= 11 is 0. The average molecular weight is 246 g/mol. The molecule has 2 aromatic rings. The quantitative estimate of drug-likeness (QED) is 0.632. The lowest BCUT2D eigenvalue weighted by atomic mass is 10.1. The first-order chi connectivity index (χ1) is 8.61. The molecule has 0 bridgehead atoms. The molecular weight excluding hydrogens is 232 g/mol. The van der Waals surface area contributed by atoms with Crippen molar-refractivity contribution < 1.29 is 9.53 Å². The summed E-state index contributed by atoms with van der Waals surface area (Å²) in [4.78, 5) is 15.5. The van der Waals surface area contributed by atoms with Gasteiger partial charge in [0, 0.05) is 11.3 Å². The molecule has 3 N–H and O–H groups in total. The maximum atomic E-state index is 11.5. The zero-order chi connectivity index (χ0) is 13.1. The molecule has 0 unspecified atom stereocenters. The summed E-state index contributed by atoms with van der Waals surface area (Å²) in [6.45, 7) is 3.97. The Kier molecular flexibility index (Phi) is 3.27. The highest BCUT2D eigenvalue weighted by molar-refractivity contribution is 5.86. The van der Waals surface area contributed by atoms with E-state index in [0.29, 0.717) is 23.7 Å². The van der Waals surface area contributed by atoms with Gasteiger partial charge in [0.05, 0.1) is 6.61 Å². The van der Waals surface area contributed by atoms with Crippen molar-refractivity contribution in [2.45, 2.75) is 13.8 Å². The van der Waals surface area contributed by atoms with Crippen LogP contribution in [0, 0.1) is 6.92 Å². The van der Waals surface area contributed by atoms with Crippen LogP contribution in [-0.4, -0.2) is 27.8 Å². The highest BCUT2D eigenvalue weighted by atomic mass is 16.5. The minimum absolute atomic E-state index is 0.0766. The van der Waals surface area contributed by atoms with E-state index in [1.165, 1.54) is 0 Å². The molecule has 0 saturated heterocycles. The molecule has 1 aromatic heterocycles. The van der Waals surface area contributed by atoms with Gasteiger partial charge < -0.3 is 10.5 Å². The third-order valence-electron chi connectivity index (χ3n) is 2.40. The number of aromatic nitrogens is 3. The summed E-state index contributed by atoms with van der Waals surface area (Å²) in [6.07, 6.45) is 0. The Hall–Kier alpha value is -2.37. The lowest BCUT2D eigenvalue weighted by Gasteiger charge is -2.02. The van der Waals surface area contributed by atoms with Gasteiger partial charge in [-0.2, -0.15) is 5.10 Å². The highest BCUT2D eigenvalue weighted by Crippen LogP contribution is 2.23. The number of H-pyrrole nitrogens is 1. The molecule has 0 aliphatic carbocycles. The molecule has 18 heavy (non-hydrogen) atoms. The summed E-state index contributed by atoms with van der Waals surface area (Å²) in [7, 11) is 0. The fourth-order valence-corrected chi connectivity index (χ4v) is 1.54. The minimum atomic E-state index is -0.525. The van der Waals surface area contributed by atoms with E-state index in [1.807, 2.05) is 19.1 Å². The average Bonchev–Trinajstić information content (AvgIpc) is 2.82. The third kappa shape index (κ3) is 2.32. The molecule has 0 spiro atoms. The fourth-order valence-electron chi connectivity index (χ4n) is 1.54. The van der Waals surface area contributed by atoms with Crippen LogP contribution in [0.3, 0.4) is 0 Å². The van der Waals surface area contributed by atoms with E-state index < -0.39 is 5.97 Å². The van der Waals surface area contributed by atoms with Gasteiger partial charge in [-0.25, -0.2) is 9.78 Å². The number of nitrogens with two attached hydrogens (primary N) is 1. The smallest absolute Gasteiger partial charge is 0.375 e. The van der Waals surface area contributed by atoms with E-state index in [-0.39, 0.29) is 5.82 Å². The van der Waals surface area contributed by atoms with Crippen LogP contribution >= 0.6 is 0 Å². The molecule has 0 amide bonds. The first-order valence-electron chi connectivity index (χ1n) is 5.58. The molecule has 0 atom stereocenters. The van der Waals surface area contributed by atoms with E-state index in [9.17, 15) is 4.79 Å². The van der Waals surface area contributed by atoms with Crippen LogP contribution in [0.25, 0.3) is 11.4 Å². The van der Waals surface area contributed by atoms with Crippen LogP contribution in [-0.2, 0) is 4.74 Å². The van der Waals surface area contributed by atoms with Gasteiger partial charge in [0.2, 0.25) is 5.82 Å². The molecule has 0 radical (unpaired) electrons. The van der Waals surface area contributed by atoms with Crippen LogP contribution in [0.15, 0.2) is 18.2 Å². The Balaban J connectivity index is 2.35. The topological polar surface area (TPSA) is 93.9 Å². The first-order valence-corrected chi connectivity index (χ1v) is 5.58. The minimum Gasteiger partial charge on any atom is -0.460 e. The standard InChI is InChI=1S/C12H14N4O2/c1-3-18-12(17)11-14-10(15-16-11)8-6-7(2)4-5-9(8)13/h4-6H,3,13H2,1-2H3,(H,14,15,16). The number of hydrogen-bond acceptors (Lipinski definition) is 5. The second-order valence-electron chi connectivity index (χ2n) is 3.82. The van der Waals surface area contributed by atoms with Crippen molar-refractivity contribution in [1.82, 2.24) is 15.2 Å². The van der Waals surface area contributed by atoms with Crippen LogP contribution in [0.5, 0.6) is 0 Å². The molecule has 0 aliphatic heterocycles. The first kappa shape index (κ1) is 12.1. The van der Waals surface area contributed by atoms with Crippen molar-refractivity contribution in [3.8, 4) is 11.4 Å². The lowest BCUT2D eigenvalue weighted by Crippen LogP contribution is -2.06. The SMILES string of the molecule is CCOC(=O)c1nc(-c2cc(C)ccc2N)n[nH]1. The van der Waals surface area contributed by atoms with Crippen LogP contribution < -0.4 is 5.73 Å². The lowest BCUT2D eigenvalue weighted by molar-refractivity contribution is 0.0512. The monoisotopic (exact) mass is 246 g/mol. The summed E-state index contributed by atoms with van der Waals surface area (Å²) in [5, 5.41) is 6.52. The largest absolute Gasteiger partial charge is 0.460 e. The van der Waals surface area contributed by atoms with Gasteiger partial charge in [-0.1, -0.05) is 11.6 Å². The van der Waals surface area contributed by atoms with E-state index in [0.717, 1.165) is 5.56 Å². The normalized spacial score (nSPS) is 10.3. The van der Waals surface area contributed by atoms with Gasteiger partial charge >= 0.3 is 5.97 Å². The van der Waals surface area contributed by atoms with Gasteiger partial charge in [0.15, 0.2) is 5.82 Å². The van der Waals surface area contributed by atoms with Crippen molar-refractivity contribution in [2.24, 2.45) is 0 Å². The van der Waals surface area contributed by atoms with Gasteiger partial charge in [-0.05, 0) is 26.0 Å². The number of ether oxygens (including phenoxy) is 1. The molecular formula is C12H14N4O2. The number of nitrogen functional groups attached to an aromatic ring is 1. The number of carbonyl (C=O) groups is 1. The molecule has 6 nitrogen and oxygen atoms in total. The molecule has 6 heteroatoms. The number of nitrogens with one attached hydrogen (secondary N) is 1. The number of anilines is 1. The molecule has 94 valence electrons. The predicted molar refractivity (Wildman–Crippen MR) is 66.9 cm³/mol. The van der Waals surface area contributed by atoms with Crippen molar-refractivity contribution in [3.05, 3.63) is 29.6 Å². The van der Waals surface area contributed by atoms with Crippen LogP contribution in [0.1, 0.15) is 23.1 Å². The Morgan fingerprint density at radius 1 is 1.50 bits per heavy atom. The third-order valence-corrected chi connectivity index (χ3v) is 2.40. The number of aromatic amines is 1. The summed E-state index contributed by atoms with van der Waals surface area (Å²) in [6, 6.07) is 5.55. The molecule has 1 aromatic carbocycles. The maximum Gasteiger partial charge on any atom is 0.375 e. The molecule has 0 aliphatic rings. The maximum absolute atomic E-state index is 11.5. The number of nitrogens with zero attached hydrogens (tertiary/aromatic N) is 2. The van der Waals surface area contributed by atoms with Gasteiger partial charge in [-0.3, -0.25) is 5.10 Å². The second kappa shape index (κ2) is 4.87. The fraction of sp³-hybridized carbons (Fsp3) is 0.250. The summed E-state index contributed by atoms with van der Waals surface area (Å²) in [5.74, 6) is -0.0607. The Morgan fingerprint density at radius 3 is 3.00 bits per heavy atom. The molecule has 0 fully saturated rings. The van der Waals surface area contributed by atoms with Crippen molar-refractivity contribution >= 4 is 11.7 Å². The Labute approximate surface area is 104 Å². The number of benzene rings is 1. The van der Waals surface area contributed by atoms with Crippen molar-refractivity contribution in [1.29, 1.82) is 0 Å². The van der Waals surface area contributed by atoms with E-state index in [4.69, 9.17) is 10.5 Å². The summed E-state index contributed by atoms with van der Waals surface area (Å²) in [5.41, 5.74) is 8.16. The number of esters is 1. The van der Waals surface area contributed by atoms with Gasteiger partial charge in [0.25, 0.3) is 0 Å². The number of carbonyl (C=O) groups excluding carboxylic acids is 1.